The summed E-state index contributed by atoms with van der Waals surface area (Å²) < 4.78 is 29.2. The summed E-state index contributed by atoms with van der Waals surface area (Å²) in [5.74, 6) is 0.265. The Morgan fingerprint density at radius 3 is 2.29 bits per heavy atom. The number of nitrogens with zero attached hydrogens (tertiary/aromatic N) is 1. The van der Waals surface area contributed by atoms with E-state index in [4.69, 9.17) is 14.2 Å². The molecule has 0 aliphatic heterocycles. The largest absolute Gasteiger partial charge is 0.493 e. The Balaban J connectivity index is 2.13. The molecule has 124 valence electrons. The Bertz CT molecular complexity index is 895. The first-order valence-corrected chi connectivity index (χ1v) is 7.07. The molecule has 1 aromatic heterocycles. The molecule has 0 radical (unpaired) electrons. The lowest BCUT2D eigenvalue weighted by molar-refractivity contribution is 0.103. The molecule has 0 fully saturated rings. The fraction of sp³-hybridized carbons (Fsp3) is 0.176. The van der Waals surface area contributed by atoms with Crippen LogP contribution in [0.25, 0.3) is 10.9 Å². The summed E-state index contributed by atoms with van der Waals surface area (Å²) >= 11 is 0. The third-order valence-corrected chi connectivity index (χ3v) is 3.67. The lowest BCUT2D eigenvalue weighted by Gasteiger charge is -2.13. The van der Waals surface area contributed by atoms with Gasteiger partial charge in [-0.3, -0.25) is 9.89 Å². The Hall–Kier alpha value is -3.09. The highest BCUT2D eigenvalue weighted by molar-refractivity contribution is 6.15. The van der Waals surface area contributed by atoms with Crippen LogP contribution in [0.4, 0.5) is 4.39 Å². The number of nitrogens with one attached hydrogen (secondary N) is 1. The van der Waals surface area contributed by atoms with Gasteiger partial charge in [0.25, 0.3) is 0 Å². The molecule has 3 aromatic rings. The zero-order chi connectivity index (χ0) is 17.3. The maximum absolute atomic E-state index is 13.5. The Morgan fingerprint density at radius 2 is 1.71 bits per heavy atom. The maximum Gasteiger partial charge on any atom is 0.214 e. The number of aromatic nitrogens is 2. The van der Waals surface area contributed by atoms with E-state index in [1.807, 2.05) is 0 Å². The molecule has 0 unspecified atom stereocenters. The van der Waals surface area contributed by atoms with Crippen molar-refractivity contribution in [2.45, 2.75) is 0 Å². The number of aromatic amines is 1. The molecule has 0 aliphatic carbocycles. The molecule has 6 nitrogen and oxygen atoms in total. The number of carbonyl (C=O) groups excluding carboxylic acids is 1. The number of carbonyl (C=O) groups is 1. The molecule has 7 heteroatoms. The van der Waals surface area contributed by atoms with Crippen LogP contribution in [0.5, 0.6) is 17.2 Å². The standard InChI is InChI=1S/C17H15FN2O4/c1-22-13-6-9(7-14(23-2)17(13)24-3)16(21)15-11-8-10(18)4-5-12(11)19-20-15/h4-8H,1-3H3,(H,19,20). The van der Waals surface area contributed by atoms with Gasteiger partial charge >= 0.3 is 0 Å². The van der Waals surface area contributed by atoms with Crippen molar-refractivity contribution in [1.82, 2.24) is 10.2 Å². The van der Waals surface area contributed by atoms with Gasteiger partial charge in [-0.15, -0.1) is 0 Å². The quantitative estimate of drug-likeness (QED) is 0.728. The van der Waals surface area contributed by atoms with Crippen LogP contribution in [-0.2, 0) is 0 Å². The maximum atomic E-state index is 13.5. The van der Waals surface area contributed by atoms with Crippen molar-refractivity contribution < 1.29 is 23.4 Å². The summed E-state index contributed by atoms with van der Waals surface area (Å²) in [5.41, 5.74) is 0.994. The number of H-pyrrole nitrogens is 1. The van der Waals surface area contributed by atoms with Crippen LogP contribution in [0.15, 0.2) is 30.3 Å². The third kappa shape index (κ3) is 2.54. The Labute approximate surface area is 137 Å². The first-order valence-electron chi connectivity index (χ1n) is 7.07. The highest BCUT2D eigenvalue weighted by Gasteiger charge is 2.21. The highest BCUT2D eigenvalue weighted by atomic mass is 19.1. The van der Waals surface area contributed by atoms with Crippen molar-refractivity contribution in [2.24, 2.45) is 0 Å². The topological polar surface area (TPSA) is 73.4 Å². The molecule has 0 bridgehead atoms. The number of ether oxygens (including phenoxy) is 3. The summed E-state index contributed by atoms with van der Waals surface area (Å²) in [4.78, 5) is 12.8. The van der Waals surface area contributed by atoms with Crippen LogP contribution in [0.2, 0.25) is 0 Å². The predicted octanol–water partition coefficient (Wildman–Crippen LogP) is 2.96. The van der Waals surface area contributed by atoms with Gasteiger partial charge in [-0.2, -0.15) is 5.10 Å². The van der Waals surface area contributed by atoms with Crippen LogP contribution in [-0.4, -0.2) is 37.3 Å². The molecular weight excluding hydrogens is 315 g/mol. The van der Waals surface area contributed by atoms with Crippen LogP contribution >= 0.6 is 0 Å². The van der Waals surface area contributed by atoms with Gasteiger partial charge in [0, 0.05) is 10.9 Å². The highest BCUT2D eigenvalue weighted by Crippen LogP contribution is 2.38. The molecule has 0 atom stereocenters. The number of methoxy groups -OCH3 is 3. The van der Waals surface area contributed by atoms with Gasteiger partial charge in [-0.05, 0) is 30.3 Å². The van der Waals surface area contributed by atoms with E-state index in [2.05, 4.69) is 10.2 Å². The number of hydrogen-bond acceptors (Lipinski definition) is 5. The van der Waals surface area contributed by atoms with E-state index < -0.39 is 5.82 Å². The van der Waals surface area contributed by atoms with E-state index in [-0.39, 0.29) is 11.5 Å². The fourth-order valence-electron chi connectivity index (χ4n) is 2.51. The second-order valence-corrected chi connectivity index (χ2v) is 5.01. The number of ketones is 1. The number of fused-ring (bicyclic) bond motifs is 1. The third-order valence-electron chi connectivity index (χ3n) is 3.67. The average molecular weight is 330 g/mol. The predicted molar refractivity (Wildman–Crippen MR) is 85.6 cm³/mol. The summed E-state index contributed by atoms with van der Waals surface area (Å²) in [6.45, 7) is 0. The zero-order valence-corrected chi connectivity index (χ0v) is 13.3. The van der Waals surface area contributed by atoms with Gasteiger partial charge in [0.15, 0.2) is 11.5 Å². The lowest BCUT2D eigenvalue weighted by atomic mass is 10.0. The summed E-state index contributed by atoms with van der Waals surface area (Å²) in [6.07, 6.45) is 0. The average Bonchev–Trinajstić information content (AvgIpc) is 3.02. The Morgan fingerprint density at radius 1 is 1.04 bits per heavy atom. The molecule has 0 saturated heterocycles. The van der Waals surface area contributed by atoms with Gasteiger partial charge in [0.1, 0.15) is 11.5 Å². The van der Waals surface area contributed by atoms with E-state index in [0.717, 1.165) is 0 Å². The molecule has 0 amide bonds. The van der Waals surface area contributed by atoms with E-state index in [0.29, 0.717) is 33.7 Å². The van der Waals surface area contributed by atoms with Crippen LogP contribution < -0.4 is 14.2 Å². The van der Waals surface area contributed by atoms with Gasteiger partial charge in [0.2, 0.25) is 11.5 Å². The van der Waals surface area contributed by atoms with Crippen molar-refractivity contribution in [3.05, 3.63) is 47.4 Å². The van der Waals surface area contributed by atoms with Crippen LogP contribution in [0, 0.1) is 5.82 Å². The first-order chi connectivity index (χ1) is 11.6. The van der Waals surface area contributed by atoms with E-state index >= 15 is 0 Å². The minimum atomic E-state index is -0.442. The van der Waals surface area contributed by atoms with E-state index in [1.165, 1.54) is 51.7 Å². The van der Waals surface area contributed by atoms with Gasteiger partial charge < -0.3 is 14.2 Å². The van der Waals surface area contributed by atoms with Crippen molar-refractivity contribution in [3.8, 4) is 17.2 Å². The molecule has 3 rings (SSSR count). The monoisotopic (exact) mass is 330 g/mol. The number of rotatable bonds is 5. The first kappa shape index (κ1) is 15.8. The van der Waals surface area contributed by atoms with Gasteiger partial charge in [-0.1, -0.05) is 0 Å². The summed E-state index contributed by atoms with van der Waals surface area (Å²) in [6, 6.07) is 7.16. The summed E-state index contributed by atoms with van der Waals surface area (Å²) in [7, 11) is 4.40. The molecule has 0 saturated carbocycles. The van der Waals surface area contributed by atoms with Crippen LogP contribution in [0.3, 0.4) is 0 Å². The number of benzene rings is 2. The molecule has 1 N–H and O–H groups in total. The number of halogens is 1. The molecule has 0 aliphatic rings. The second-order valence-electron chi connectivity index (χ2n) is 5.01. The number of hydrogen-bond donors (Lipinski definition) is 1. The van der Waals surface area contributed by atoms with E-state index in [9.17, 15) is 9.18 Å². The van der Waals surface area contributed by atoms with Crippen molar-refractivity contribution >= 4 is 16.7 Å². The molecular formula is C17H15FN2O4. The lowest BCUT2D eigenvalue weighted by Crippen LogP contribution is -2.05. The van der Waals surface area contributed by atoms with Crippen molar-refractivity contribution in [3.63, 3.8) is 0 Å². The van der Waals surface area contributed by atoms with Gasteiger partial charge in [0.05, 0.1) is 26.8 Å². The van der Waals surface area contributed by atoms with E-state index in [1.54, 1.807) is 0 Å². The molecule has 1 heterocycles. The smallest absolute Gasteiger partial charge is 0.214 e. The van der Waals surface area contributed by atoms with Gasteiger partial charge in [-0.25, -0.2) is 4.39 Å². The van der Waals surface area contributed by atoms with Crippen LogP contribution in [0.1, 0.15) is 16.1 Å². The van der Waals surface area contributed by atoms with Crippen molar-refractivity contribution in [2.75, 3.05) is 21.3 Å². The zero-order valence-electron chi connectivity index (χ0n) is 13.3. The Kier molecular flexibility index (Phi) is 4.07. The minimum absolute atomic E-state index is 0.124. The minimum Gasteiger partial charge on any atom is -0.493 e. The fourth-order valence-corrected chi connectivity index (χ4v) is 2.51. The summed E-state index contributed by atoms with van der Waals surface area (Å²) in [5, 5.41) is 7.14. The van der Waals surface area contributed by atoms with Crippen molar-refractivity contribution in [1.29, 1.82) is 0 Å². The molecule has 2 aromatic carbocycles. The molecule has 24 heavy (non-hydrogen) atoms. The normalized spacial score (nSPS) is 10.7. The second kappa shape index (κ2) is 6.19. The SMILES string of the molecule is COc1cc(C(=O)c2n[nH]c3ccc(F)cc23)cc(OC)c1OC. The molecule has 0 spiro atoms.